The van der Waals surface area contributed by atoms with Gasteiger partial charge in [-0.05, 0) is 67.6 Å². The lowest BCUT2D eigenvalue weighted by Crippen LogP contribution is -2.60. The number of unbranched alkanes of at least 4 members (excludes halogenated alkanes) is 1. The molecule has 4 bridgehead atoms. The molecule has 0 aromatic carbocycles. The monoisotopic (exact) mass is 334 g/mol. The highest BCUT2D eigenvalue weighted by Crippen LogP contribution is 2.58. The van der Waals surface area contributed by atoms with Crippen LogP contribution in [0, 0.1) is 29.1 Å². The first-order valence-corrected chi connectivity index (χ1v) is 11.0. The molecule has 0 aromatic heterocycles. The molecular formula is C22H42N2. The zero-order valence-electron chi connectivity index (χ0n) is 16.8. The predicted molar refractivity (Wildman–Crippen MR) is 104 cm³/mol. The van der Waals surface area contributed by atoms with Crippen molar-refractivity contribution in [2.45, 2.75) is 97.4 Å². The molecule has 1 aliphatic heterocycles. The van der Waals surface area contributed by atoms with E-state index in [9.17, 15) is 0 Å². The lowest BCUT2D eigenvalue weighted by molar-refractivity contribution is 0.0394. The molecule has 140 valence electrons. The first kappa shape index (κ1) is 18.7. The zero-order valence-corrected chi connectivity index (χ0v) is 16.8. The zero-order chi connectivity index (χ0) is 17.2. The summed E-state index contributed by atoms with van der Waals surface area (Å²) in [5.41, 5.74) is 0.944. The summed E-state index contributed by atoms with van der Waals surface area (Å²) in [7, 11) is 0. The van der Waals surface area contributed by atoms with Gasteiger partial charge in [-0.15, -0.1) is 0 Å². The van der Waals surface area contributed by atoms with Crippen molar-refractivity contribution in [3.8, 4) is 0 Å². The average molecular weight is 335 g/mol. The molecule has 1 heterocycles. The summed E-state index contributed by atoms with van der Waals surface area (Å²) in [6, 6.07) is 0. The summed E-state index contributed by atoms with van der Waals surface area (Å²) in [6.45, 7) is 12.2. The van der Waals surface area contributed by atoms with E-state index in [0.29, 0.717) is 11.0 Å². The number of fused-ring (bicyclic) bond motifs is 7. The Kier molecular flexibility index (Phi) is 5.97. The Balaban J connectivity index is 1.99. The van der Waals surface area contributed by atoms with Crippen molar-refractivity contribution < 1.29 is 0 Å². The van der Waals surface area contributed by atoms with Crippen LogP contribution in [-0.2, 0) is 0 Å². The first-order chi connectivity index (χ1) is 11.6. The van der Waals surface area contributed by atoms with E-state index in [1.807, 2.05) is 0 Å². The fraction of sp³-hybridized carbons (Fsp3) is 1.00. The standard InChI is InChI=1S/C22H42N2/c1-5-7-12-21-15-23-16-24-22(14-18(21)4,17(3)9-6-2)20-11-8-10-19(21)13-20/h17-20,23-24H,5-16H2,1-4H3. The van der Waals surface area contributed by atoms with Gasteiger partial charge in [-0.2, -0.15) is 0 Å². The fourth-order valence-electron chi connectivity index (χ4n) is 7.03. The molecule has 1 saturated heterocycles. The van der Waals surface area contributed by atoms with Crippen molar-refractivity contribution in [1.82, 2.24) is 10.6 Å². The molecular weight excluding hydrogens is 292 g/mol. The van der Waals surface area contributed by atoms with E-state index >= 15 is 0 Å². The van der Waals surface area contributed by atoms with Gasteiger partial charge >= 0.3 is 0 Å². The van der Waals surface area contributed by atoms with Crippen molar-refractivity contribution >= 4 is 0 Å². The Labute approximate surface area is 150 Å². The topological polar surface area (TPSA) is 24.1 Å². The van der Waals surface area contributed by atoms with Crippen molar-refractivity contribution in [3.63, 3.8) is 0 Å². The highest BCUT2D eigenvalue weighted by molar-refractivity contribution is 5.10. The van der Waals surface area contributed by atoms with Crippen molar-refractivity contribution in [1.29, 1.82) is 0 Å². The minimum atomic E-state index is 0.384. The minimum Gasteiger partial charge on any atom is -0.304 e. The molecule has 3 aliphatic rings. The van der Waals surface area contributed by atoms with Crippen LogP contribution in [0.3, 0.4) is 0 Å². The maximum absolute atomic E-state index is 4.10. The molecule has 0 aromatic rings. The van der Waals surface area contributed by atoms with Crippen molar-refractivity contribution in [2.24, 2.45) is 29.1 Å². The second-order valence-corrected chi connectivity index (χ2v) is 9.51. The second-order valence-electron chi connectivity index (χ2n) is 9.51. The Morgan fingerprint density at radius 3 is 2.67 bits per heavy atom. The molecule has 0 radical (unpaired) electrons. The van der Waals surface area contributed by atoms with Crippen molar-refractivity contribution in [3.05, 3.63) is 0 Å². The maximum Gasteiger partial charge on any atom is 0.0458 e. The number of rotatable bonds is 6. The van der Waals surface area contributed by atoms with Crippen LogP contribution in [0.4, 0.5) is 0 Å². The molecule has 2 saturated carbocycles. The smallest absolute Gasteiger partial charge is 0.0458 e. The third-order valence-electron chi connectivity index (χ3n) is 8.43. The van der Waals surface area contributed by atoms with E-state index in [4.69, 9.17) is 0 Å². The van der Waals surface area contributed by atoms with Gasteiger partial charge in [0.25, 0.3) is 0 Å². The molecule has 6 atom stereocenters. The second kappa shape index (κ2) is 7.66. The van der Waals surface area contributed by atoms with E-state index in [2.05, 4.69) is 38.3 Å². The van der Waals surface area contributed by atoms with Gasteiger partial charge in [0.15, 0.2) is 0 Å². The maximum atomic E-state index is 4.10. The minimum absolute atomic E-state index is 0.384. The predicted octanol–water partition coefficient (Wildman–Crippen LogP) is 5.33. The summed E-state index contributed by atoms with van der Waals surface area (Å²) >= 11 is 0. The quantitative estimate of drug-likeness (QED) is 0.685. The molecule has 3 fully saturated rings. The lowest BCUT2D eigenvalue weighted by Gasteiger charge is -2.49. The molecule has 2 nitrogen and oxygen atoms in total. The summed E-state index contributed by atoms with van der Waals surface area (Å²) in [5.74, 6) is 3.51. The number of hydrogen-bond acceptors (Lipinski definition) is 2. The Hall–Kier alpha value is -0.0800. The van der Waals surface area contributed by atoms with E-state index in [1.54, 1.807) is 0 Å². The molecule has 6 unspecified atom stereocenters. The average Bonchev–Trinajstić information content (AvgIpc) is 2.61. The van der Waals surface area contributed by atoms with Gasteiger partial charge in [-0.1, -0.05) is 53.4 Å². The molecule has 2 N–H and O–H groups in total. The van der Waals surface area contributed by atoms with Gasteiger partial charge in [0.05, 0.1) is 0 Å². The normalized spacial score (nSPS) is 43.8. The van der Waals surface area contributed by atoms with Gasteiger partial charge in [-0.3, -0.25) is 5.32 Å². The molecule has 0 amide bonds. The molecule has 0 spiro atoms. The summed E-state index contributed by atoms with van der Waals surface area (Å²) in [6.07, 6.45) is 14.3. The highest BCUT2D eigenvalue weighted by Gasteiger charge is 2.56. The van der Waals surface area contributed by atoms with Crippen LogP contribution in [-0.4, -0.2) is 18.8 Å². The van der Waals surface area contributed by atoms with E-state index in [0.717, 1.165) is 30.3 Å². The molecule has 2 heteroatoms. The van der Waals surface area contributed by atoms with Crippen LogP contribution in [0.1, 0.15) is 91.9 Å². The molecule has 2 aliphatic carbocycles. The van der Waals surface area contributed by atoms with E-state index < -0.39 is 0 Å². The largest absolute Gasteiger partial charge is 0.304 e. The highest BCUT2D eigenvalue weighted by atomic mass is 15.1. The Morgan fingerprint density at radius 1 is 1.12 bits per heavy atom. The fourth-order valence-corrected chi connectivity index (χ4v) is 7.03. The van der Waals surface area contributed by atoms with Crippen LogP contribution in [0.5, 0.6) is 0 Å². The van der Waals surface area contributed by atoms with Gasteiger partial charge in [0.1, 0.15) is 0 Å². The number of nitrogens with one attached hydrogen (secondary N) is 2. The van der Waals surface area contributed by atoms with Crippen molar-refractivity contribution in [2.75, 3.05) is 13.2 Å². The summed E-state index contributed by atoms with van der Waals surface area (Å²) in [5, 5.41) is 7.96. The van der Waals surface area contributed by atoms with E-state index in [-0.39, 0.29) is 0 Å². The van der Waals surface area contributed by atoms with Crippen LogP contribution in [0.2, 0.25) is 0 Å². The van der Waals surface area contributed by atoms with Gasteiger partial charge < -0.3 is 5.32 Å². The molecule has 24 heavy (non-hydrogen) atoms. The van der Waals surface area contributed by atoms with Crippen LogP contribution in [0.25, 0.3) is 0 Å². The van der Waals surface area contributed by atoms with Gasteiger partial charge in [0, 0.05) is 18.8 Å². The van der Waals surface area contributed by atoms with Gasteiger partial charge in [-0.25, -0.2) is 0 Å². The number of hydrogen-bond donors (Lipinski definition) is 2. The third kappa shape index (κ3) is 3.07. The summed E-state index contributed by atoms with van der Waals surface area (Å²) < 4.78 is 0. The lowest BCUT2D eigenvalue weighted by atomic mass is 9.60. The van der Waals surface area contributed by atoms with Gasteiger partial charge in [0.2, 0.25) is 0 Å². The Bertz CT molecular complexity index is 405. The SMILES string of the molecule is CCCCC12CNCNC(C(C)CCC)(CC1C)C1CCCC2C1. The summed E-state index contributed by atoms with van der Waals surface area (Å²) in [4.78, 5) is 0. The van der Waals surface area contributed by atoms with Crippen LogP contribution in [0.15, 0.2) is 0 Å². The van der Waals surface area contributed by atoms with Crippen LogP contribution < -0.4 is 10.6 Å². The molecule has 3 rings (SSSR count). The van der Waals surface area contributed by atoms with E-state index in [1.165, 1.54) is 70.8 Å². The first-order valence-electron chi connectivity index (χ1n) is 11.0. The Morgan fingerprint density at radius 2 is 1.92 bits per heavy atom. The third-order valence-corrected chi connectivity index (χ3v) is 8.43. The van der Waals surface area contributed by atoms with Crippen LogP contribution >= 0.6 is 0 Å².